The lowest BCUT2D eigenvalue weighted by Gasteiger charge is -2.11. The van der Waals surface area contributed by atoms with Crippen LogP contribution in [0.1, 0.15) is 5.56 Å². The predicted octanol–water partition coefficient (Wildman–Crippen LogP) is 5.65. The van der Waals surface area contributed by atoms with Gasteiger partial charge in [-0.15, -0.1) is 0 Å². The van der Waals surface area contributed by atoms with Crippen molar-refractivity contribution in [3.05, 3.63) is 100 Å². The van der Waals surface area contributed by atoms with Crippen LogP contribution < -0.4 is 9.47 Å². The van der Waals surface area contributed by atoms with E-state index in [4.69, 9.17) is 9.47 Å². The molecule has 0 atom stereocenters. The van der Waals surface area contributed by atoms with Gasteiger partial charge in [-0.05, 0) is 29.8 Å². The molecule has 0 aliphatic carbocycles. The Morgan fingerprint density at radius 2 is 1.79 bits per heavy atom. The lowest BCUT2D eigenvalue weighted by molar-refractivity contribution is -0.385. The number of nitro groups is 1. The molecule has 3 aromatic carbocycles. The van der Waals surface area contributed by atoms with Crippen molar-refractivity contribution in [1.82, 2.24) is 4.98 Å². The standard InChI is InChI=1S/C22H15FN2O4/c23-19-12-16(25(26)27)6-9-22(19)29-21-10-11-24-20-13-17(7-8-18(20)21)28-14-15-4-2-1-3-5-15/h1-13H,14H2. The maximum Gasteiger partial charge on any atom is 0.272 e. The van der Waals surface area contributed by atoms with Gasteiger partial charge >= 0.3 is 0 Å². The summed E-state index contributed by atoms with van der Waals surface area (Å²) >= 11 is 0. The van der Waals surface area contributed by atoms with Crippen LogP contribution in [0.3, 0.4) is 0 Å². The fourth-order valence-corrected chi connectivity index (χ4v) is 2.83. The molecule has 144 valence electrons. The monoisotopic (exact) mass is 390 g/mol. The Morgan fingerprint density at radius 1 is 0.966 bits per heavy atom. The molecule has 0 unspecified atom stereocenters. The maximum atomic E-state index is 14.2. The number of hydrogen-bond acceptors (Lipinski definition) is 5. The van der Waals surface area contributed by atoms with Gasteiger partial charge in [0.1, 0.15) is 18.1 Å². The number of benzene rings is 3. The average molecular weight is 390 g/mol. The van der Waals surface area contributed by atoms with E-state index in [2.05, 4.69) is 4.98 Å². The lowest BCUT2D eigenvalue weighted by atomic mass is 10.2. The molecule has 4 aromatic rings. The van der Waals surface area contributed by atoms with Crippen LogP contribution in [0, 0.1) is 15.9 Å². The number of non-ortho nitro benzene ring substituents is 1. The number of nitrogens with zero attached hydrogens (tertiary/aromatic N) is 2. The lowest BCUT2D eigenvalue weighted by Crippen LogP contribution is -1.96. The van der Waals surface area contributed by atoms with Gasteiger partial charge in [-0.1, -0.05) is 30.3 Å². The number of aromatic nitrogens is 1. The number of halogens is 1. The summed E-state index contributed by atoms with van der Waals surface area (Å²) in [6, 6.07) is 20.0. The zero-order valence-corrected chi connectivity index (χ0v) is 15.1. The van der Waals surface area contributed by atoms with Crippen LogP contribution >= 0.6 is 0 Å². The van der Waals surface area contributed by atoms with Crippen LogP contribution in [-0.2, 0) is 6.61 Å². The minimum atomic E-state index is -0.813. The summed E-state index contributed by atoms with van der Waals surface area (Å²) in [6.45, 7) is 0.427. The predicted molar refractivity (Wildman–Crippen MR) is 106 cm³/mol. The van der Waals surface area contributed by atoms with Gasteiger partial charge < -0.3 is 9.47 Å². The zero-order valence-electron chi connectivity index (χ0n) is 15.1. The Labute approximate surface area is 165 Å². The summed E-state index contributed by atoms with van der Waals surface area (Å²) < 4.78 is 25.6. The highest BCUT2D eigenvalue weighted by molar-refractivity contribution is 5.86. The second-order valence-corrected chi connectivity index (χ2v) is 6.24. The molecule has 0 spiro atoms. The number of fused-ring (bicyclic) bond motifs is 1. The van der Waals surface area contributed by atoms with Crippen molar-refractivity contribution in [1.29, 1.82) is 0 Å². The van der Waals surface area contributed by atoms with E-state index in [9.17, 15) is 14.5 Å². The van der Waals surface area contributed by atoms with Crippen molar-refractivity contribution in [3.63, 3.8) is 0 Å². The average Bonchev–Trinajstić information content (AvgIpc) is 2.74. The summed E-state index contributed by atoms with van der Waals surface area (Å²) in [7, 11) is 0. The van der Waals surface area contributed by atoms with E-state index >= 15 is 0 Å². The molecule has 6 nitrogen and oxygen atoms in total. The quantitative estimate of drug-likeness (QED) is 0.314. The number of ether oxygens (including phenoxy) is 2. The van der Waals surface area contributed by atoms with Crippen LogP contribution in [0.4, 0.5) is 10.1 Å². The molecule has 29 heavy (non-hydrogen) atoms. The Bertz CT molecular complexity index is 1180. The second-order valence-electron chi connectivity index (χ2n) is 6.24. The van der Waals surface area contributed by atoms with E-state index in [0.717, 1.165) is 11.6 Å². The number of nitro benzene ring substituents is 1. The SMILES string of the molecule is O=[N+]([O-])c1ccc(Oc2ccnc3cc(OCc4ccccc4)ccc23)c(F)c1. The Hall–Kier alpha value is -4.00. The van der Waals surface area contributed by atoms with Gasteiger partial charge in [0, 0.05) is 23.7 Å². The van der Waals surface area contributed by atoms with E-state index in [1.807, 2.05) is 30.3 Å². The van der Waals surface area contributed by atoms with E-state index in [0.29, 0.717) is 29.0 Å². The van der Waals surface area contributed by atoms with Gasteiger partial charge in [0.25, 0.3) is 5.69 Å². The van der Waals surface area contributed by atoms with Crippen molar-refractivity contribution < 1.29 is 18.8 Å². The molecule has 1 aromatic heterocycles. The minimum Gasteiger partial charge on any atom is -0.489 e. The molecule has 1 heterocycles. The smallest absolute Gasteiger partial charge is 0.272 e. The highest BCUT2D eigenvalue weighted by atomic mass is 19.1. The van der Waals surface area contributed by atoms with Gasteiger partial charge in [-0.25, -0.2) is 4.39 Å². The number of rotatable bonds is 6. The third-order valence-electron chi connectivity index (χ3n) is 4.27. The Morgan fingerprint density at radius 3 is 2.55 bits per heavy atom. The second kappa shape index (κ2) is 7.93. The molecule has 0 radical (unpaired) electrons. The Kier molecular flexibility index (Phi) is 5.03. The van der Waals surface area contributed by atoms with E-state index in [1.54, 1.807) is 30.5 Å². The first-order chi connectivity index (χ1) is 14.1. The summed E-state index contributed by atoms with van der Waals surface area (Å²) in [5.41, 5.74) is 1.33. The molecule has 0 saturated heterocycles. The molecule has 4 rings (SSSR count). The minimum absolute atomic E-state index is 0.104. The van der Waals surface area contributed by atoms with E-state index in [1.165, 1.54) is 12.1 Å². The van der Waals surface area contributed by atoms with Crippen LogP contribution in [0.5, 0.6) is 17.2 Å². The summed E-state index contributed by atoms with van der Waals surface area (Å²) in [5, 5.41) is 11.4. The molecule has 0 aliphatic heterocycles. The first kappa shape index (κ1) is 18.4. The highest BCUT2D eigenvalue weighted by Gasteiger charge is 2.14. The van der Waals surface area contributed by atoms with Crippen molar-refractivity contribution in [3.8, 4) is 17.2 Å². The van der Waals surface area contributed by atoms with E-state index in [-0.39, 0.29) is 11.4 Å². The van der Waals surface area contributed by atoms with Gasteiger partial charge in [-0.2, -0.15) is 0 Å². The third-order valence-corrected chi connectivity index (χ3v) is 4.27. The van der Waals surface area contributed by atoms with Crippen LogP contribution in [0.15, 0.2) is 79.0 Å². The normalized spacial score (nSPS) is 10.7. The van der Waals surface area contributed by atoms with Crippen LogP contribution in [0.2, 0.25) is 0 Å². The largest absolute Gasteiger partial charge is 0.489 e. The number of pyridine rings is 1. The topological polar surface area (TPSA) is 74.5 Å². The highest BCUT2D eigenvalue weighted by Crippen LogP contribution is 2.33. The summed E-state index contributed by atoms with van der Waals surface area (Å²) in [6.07, 6.45) is 1.54. The van der Waals surface area contributed by atoms with Crippen molar-refractivity contribution >= 4 is 16.6 Å². The molecule has 7 heteroatoms. The first-order valence-electron chi connectivity index (χ1n) is 8.77. The summed E-state index contributed by atoms with van der Waals surface area (Å²) in [5.74, 6) is 0.115. The summed E-state index contributed by atoms with van der Waals surface area (Å²) in [4.78, 5) is 14.4. The van der Waals surface area contributed by atoms with E-state index < -0.39 is 10.7 Å². The fourth-order valence-electron chi connectivity index (χ4n) is 2.83. The number of hydrogen-bond donors (Lipinski definition) is 0. The van der Waals surface area contributed by atoms with Gasteiger partial charge in [0.15, 0.2) is 11.6 Å². The first-order valence-corrected chi connectivity index (χ1v) is 8.77. The van der Waals surface area contributed by atoms with Crippen molar-refractivity contribution in [2.24, 2.45) is 0 Å². The molecular formula is C22H15FN2O4. The van der Waals surface area contributed by atoms with Gasteiger partial charge in [-0.3, -0.25) is 15.1 Å². The maximum absolute atomic E-state index is 14.2. The molecular weight excluding hydrogens is 375 g/mol. The van der Waals surface area contributed by atoms with Crippen LogP contribution in [0.25, 0.3) is 10.9 Å². The van der Waals surface area contributed by atoms with Gasteiger partial charge in [0.2, 0.25) is 0 Å². The third kappa shape index (κ3) is 4.14. The van der Waals surface area contributed by atoms with Gasteiger partial charge in [0.05, 0.1) is 16.5 Å². The zero-order chi connectivity index (χ0) is 20.2. The Balaban J connectivity index is 1.57. The molecule has 0 aliphatic rings. The molecule has 0 fully saturated rings. The molecule has 0 bridgehead atoms. The van der Waals surface area contributed by atoms with Crippen molar-refractivity contribution in [2.75, 3.05) is 0 Å². The molecule has 0 N–H and O–H groups in total. The van der Waals surface area contributed by atoms with Crippen LogP contribution in [-0.4, -0.2) is 9.91 Å². The molecule has 0 amide bonds. The molecule has 0 saturated carbocycles. The fraction of sp³-hybridized carbons (Fsp3) is 0.0455. The van der Waals surface area contributed by atoms with Crippen molar-refractivity contribution in [2.45, 2.75) is 6.61 Å².